The largest absolute Gasteiger partial charge is 0.478 e. The molecular weight excluding hydrogens is 268 g/mol. The Morgan fingerprint density at radius 2 is 1.40 bits per heavy atom. The minimum atomic E-state index is -1.11. The monoisotopic (exact) mass is 282 g/mol. The number of para-hydroxylation sites is 1. The van der Waals surface area contributed by atoms with Gasteiger partial charge in [0.2, 0.25) is 0 Å². The Morgan fingerprint density at radius 3 is 1.75 bits per heavy atom. The van der Waals surface area contributed by atoms with Crippen LogP contribution in [0, 0.1) is 0 Å². The highest BCUT2D eigenvalue weighted by Crippen LogP contribution is 2.17. The van der Waals surface area contributed by atoms with Gasteiger partial charge in [0, 0.05) is 20.8 Å². The molecule has 0 unspecified atom stereocenters. The van der Waals surface area contributed by atoms with Crippen LogP contribution in [0.2, 0.25) is 0 Å². The number of hydrogen-bond donors (Lipinski definition) is 1. The molecular formula is C13H14O7. The van der Waals surface area contributed by atoms with Crippen LogP contribution in [-0.2, 0) is 19.1 Å². The number of carbonyl (C=O) groups is 4. The summed E-state index contributed by atoms with van der Waals surface area (Å²) in [6.07, 6.45) is 0. The Hall–Kier alpha value is -2.70. The van der Waals surface area contributed by atoms with E-state index in [1.54, 1.807) is 12.1 Å². The molecule has 0 bridgehead atoms. The summed E-state index contributed by atoms with van der Waals surface area (Å²) in [6.45, 7) is 3.58. The summed E-state index contributed by atoms with van der Waals surface area (Å²) in [5, 5.41) is 8.69. The number of aromatic carboxylic acids is 1. The summed E-state index contributed by atoms with van der Waals surface area (Å²) in [7, 11) is 0. The van der Waals surface area contributed by atoms with Crippen molar-refractivity contribution >= 4 is 23.9 Å². The summed E-state index contributed by atoms with van der Waals surface area (Å²) in [5.41, 5.74) is -0.0160. The molecule has 7 heteroatoms. The molecule has 0 saturated carbocycles. The van der Waals surface area contributed by atoms with E-state index in [1.807, 2.05) is 0 Å². The van der Waals surface area contributed by atoms with E-state index in [0.717, 1.165) is 0 Å². The predicted octanol–water partition coefficient (Wildman–Crippen LogP) is 1.41. The second-order valence-electron chi connectivity index (χ2n) is 3.48. The SMILES string of the molecule is CC(=O)OC(C)=O.CC(=O)Oc1ccccc1C(=O)O. The van der Waals surface area contributed by atoms with Gasteiger partial charge in [0.25, 0.3) is 0 Å². The maximum atomic E-state index is 10.6. The first kappa shape index (κ1) is 17.3. The molecule has 1 aromatic carbocycles. The van der Waals surface area contributed by atoms with Gasteiger partial charge in [-0.25, -0.2) is 4.79 Å². The van der Waals surface area contributed by atoms with Crippen LogP contribution in [0.3, 0.4) is 0 Å². The lowest BCUT2D eigenvalue weighted by atomic mass is 10.2. The summed E-state index contributed by atoms with van der Waals surface area (Å²) in [6, 6.07) is 5.98. The molecule has 0 aromatic heterocycles. The molecule has 0 amide bonds. The Kier molecular flexibility index (Phi) is 7.27. The van der Waals surface area contributed by atoms with Crippen molar-refractivity contribution < 1.29 is 33.8 Å². The normalized spacial score (nSPS) is 8.75. The Bertz CT molecular complexity index is 507. The summed E-state index contributed by atoms with van der Waals surface area (Å²) in [4.78, 5) is 40.8. The van der Waals surface area contributed by atoms with E-state index in [4.69, 9.17) is 5.11 Å². The molecule has 1 rings (SSSR count). The number of esters is 3. The highest BCUT2D eigenvalue weighted by Gasteiger charge is 2.10. The van der Waals surface area contributed by atoms with Crippen LogP contribution in [0.5, 0.6) is 5.75 Å². The van der Waals surface area contributed by atoms with Crippen LogP contribution in [0.1, 0.15) is 31.1 Å². The molecule has 1 N–H and O–H groups in total. The first-order valence-corrected chi connectivity index (χ1v) is 5.43. The first-order chi connectivity index (χ1) is 9.23. The number of rotatable bonds is 2. The van der Waals surface area contributed by atoms with Crippen molar-refractivity contribution in [3.63, 3.8) is 0 Å². The maximum Gasteiger partial charge on any atom is 0.339 e. The first-order valence-electron chi connectivity index (χ1n) is 5.43. The van der Waals surface area contributed by atoms with E-state index in [-0.39, 0.29) is 11.3 Å². The molecule has 0 aliphatic carbocycles. The van der Waals surface area contributed by atoms with Gasteiger partial charge in [0.1, 0.15) is 11.3 Å². The summed E-state index contributed by atoms with van der Waals surface area (Å²) < 4.78 is 8.66. The zero-order chi connectivity index (χ0) is 15.7. The lowest BCUT2D eigenvalue weighted by Gasteiger charge is -2.03. The Labute approximate surface area is 115 Å². The molecule has 0 aliphatic rings. The molecule has 0 fully saturated rings. The smallest absolute Gasteiger partial charge is 0.339 e. The van der Waals surface area contributed by atoms with Gasteiger partial charge in [-0.3, -0.25) is 14.4 Å². The fourth-order valence-electron chi connectivity index (χ4n) is 1.09. The van der Waals surface area contributed by atoms with Gasteiger partial charge in [0.15, 0.2) is 0 Å². The fourth-order valence-corrected chi connectivity index (χ4v) is 1.09. The van der Waals surface area contributed by atoms with Crippen LogP contribution < -0.4 is 4.74 Å². The predicted molar refractivity (Wildman–Crippen MR) is 67.2 cm³/mol. The van der Waals surface area contributed by atoms with Crippen LogP contribution in [-0.4, -0.2) is 29.0 Å². The van der Waals surface area contributed by atoms with E-state index in [9.17, 15) is 19.2 Å². The molecule has 20 heavy (non-hydrogen) atoms. The molecule has 0 saturated heterocycles. The second-order valence-corrected chi connectivity index (χ2v) is 3.48. The third kappa shape index (κ3) is 7.59. The number of benzene rings is 1. The number of hydrogen-bond acceptors (Lipinski definition) is 6. The molecule has 1 aromatic rings. The number of carbonyl (C=O) groups excluding carboxylic acids is 3. The van der Waals surface area contributed by atoms with E-state index in [2.05, 4.69) is 9.47 Å². The van der Waals surface area contributed by atoms with Crippen molar-refractivity contribution in [3.05, 3.63) is 29.8 Å². The van der Waals surface area contributed by atoms with Crippen LogP contribution >= 0.6 is 0 Å². The average molecular weight is 282 g/mol. The van der Waals surface area contributed by atoms with Gasteiger partial charge < -0.3 is 14.6 Å². The molecule has 0 heterocycles. The molecule has 0 spiro atoms. The van der Waals surface area contributed by atoms with Gasteiger partial charge in [-0.2, -0.15) is 0 Å². The van der Waals surface area contributed by atoms with Crippen LogP contribution in [0.25, 0.3) is 0 Å². The molecule has 0 aliphatic heterocycles. The van der Waals surface area contributed by atoms with Crippen molar-refractivity contribution in [1.82, 2.24) is 0 Å². The highest BCUT2D eigenvalue weighted by molar-refractivity contribution is 5.91. The van der Waals surface area contributed by atoms with Gasteiger partial charge in [-0.05, 0) is 12.1 Å². The second kappa shape index (κ2) is 8.41. The van der Waals surface area contributed by atoms with Crippen molar-refractivity contribution in [1.29, 1.82) is 0 Å². The van der Waals surface area contributed by atoms with Crippen molar-refractivity contribution in [2.45, 2.75) is 20.8 Å². The number of carboxylic acids is 1. The molecule has 7 nitrogen and oxygen atoms in total. The minimum absolute atomic E-state index is 0.0160. The molecule has 0 atom stereocenters. The zero-order valence-corrected chi connectivity index (χ0v) is 11.2. The van der Waals surface area contributed by atoms with E-state index in [0.29, 0.717) is 0 Å². The zero-order valence-electron chi connectivity index (χ0n) is 11.2. The third-order valence-electron chi connectivity index (χ3n) is 1.66. The van der Waals surface area contributed by atoms with Gasteiger partial charge >= 0.3 is 23.9 Å². The van der Waals surface area contributed by atoms with E-state index >= 15 is 0 Å². The third-order valence-corrected chi connectivity index (χ3v) is 1.66. The maximum absolute atomic E-state index is 10.6. The van der Waals surface area contributed by atoms with Crippen molar-refractivity contribution in [3.8, 4) is 5.75 Å². The lowest BCUT2D eigenvalue weighted by molar-refractivity contribution is -0.156. The lowest BCUT2D eigenvalue weighted by Crippen LogP contribution is -2.06. The van der Waals surface area contributed by atoms with Crippen LogP contribution in [0.15, 0.2) is 24.3 Å². The van der Waals surface area contributed by atoms with Crippen molar-refractivity contribution in [2.24, 2.45) is 0 Å². The molecule has 108 valence electrons. The van der Waals surface area contributed by atoms with Gasteiger partial charge in [-0.1, -0.05) is 12.1 Å². The van der Waals surface area contributed by atoms with E-state index in [1.165, 1.54) is 32.9 Å². The highest BCUT2D eigenvalue weighted by atomic mass is 16.6. The Morgan fingerprint density at radius 1 is 0.900 bits per heavy atom. The number of carboxylic acid groups (broad SMARTS) is 1. The summed E-state index contributed by atoms with van der Waals surface area (Å²) in [5.74, 6) is -2.70. The van der Waals surface area contributed by atoms with Gasteiger partial charge in [0.05, 0.1) is 0 Å². The minimum Gasteiger partial charge on any atom is -0.478 e. The quantitative estimate of drug-likeness (QED) is 0.496. The Balaban J connectivity index is 0.000000441. The molecule has 0 radical (unpaired) electrons. The fraction of sp³-hybridized carbons (Fsp3) is 0.231. The van der Waals surface area contributed by atoms with Crippen LogP contribution in [0.4, 0.5) is 0 Å². The summed E-state index contributed by atoms with van der Waals surface area (Å²) >= 11 is 0. The standard InChI is InChI=1S/C9H8O4.C4H6O3/c1-6(10)13-8-5-3-2-4-7(8)9(11)12;1-3(5)7-4(2)6/h2-5H,1H3,(H,11,12);1-2H3. The van der Waals surface area contributed by atoms with E-state index < -0.39 is 23.9 Å². The number of ether oxygens (including phenoxy) is 2. The topological polar surface area (TPSA) is 107 Å². The van der Waals surface area contributed by atoms with Crippen molar-refractivity contribution in [2.75, 3.05) is 0 Å². The van der Waals surface area contributed by atoms with Gasteiger partial charge in [-0.15, -0.1) is 0 Å². The average Bonchev–Trinajstić information content (AvgIpc) is 2.27.